The lowest BCUT2D eigenvalue weighted by Crippen LogP contribution is -2.25. The summed E-state index contributed by atoms with van der Waals surface area (Å²) >= 11 is 0. The van der Waals surface area contributed by atoms with E-state index in [0.717, 1.165) is 12.1 Å². The van der Waals surface area contributed by atoms with Crippen LogP contribution < -0.4 is 9.62 Å². The number of esters is 1. The highest BCUT2D eigenvalue weighted by Gasteiger charge is 2.33. The Hall–Kier alpha value is -3.08. The summed E-state index contributed by atoms with van der Waals surface area (Å²) in [6.07, 6.45) is -4.19. The second-order valence-electron chi connectivity index (χ2n) is 6.46. The third kappa shape index (κ3) is 4.90. The Morgan fingerprint density at radius 3 is 2.50 bits per heavy atom. The summed E-state index contributed by atoms with van der Waals surface area (Å²) < 4.78 is 69.0. The van der Waals surface area contributed by atoms with Crippen molar-refractivity contribution < 1.29 is 35.9 Å². The minimum absolute atomic E-state index is 0.0121. The minimum Gasteiger partial charge on any atom is -0.452 e. The molecule has 0 saturated carbocycles. The Balaban J connectivity index is 1.64. The van der Waals surface area contributed by atoms with Gasteiger partial charge < -0.3 is 10.1 Å². The molecule has 1 fully saturated rings. The summed E-state index contributed by atoms with van der Waals surface area (Å²) in [5, 5.41) is 2.07. The number of carbonyl (C=O) groups excluding carboxylic acids is 2. The number of alkyl halides is 3. The van der Waals surface area contributed by atoms with Crippen molar-refractivity contribution in [1.29, 1.82) is 0 Å². The largest absolute Gasteiger partial charge is 0.452 e. The molecule has 3 rings (SSSR count). The summed E-state index contributed by atoms with van der Waals surface area (Å²) in [5.41, 5.74) is -1.17. The van der Waals surface area contributed by atoms with E-state index in [-0.39, 0.29) is 11.3 Å². The highest BCUT2D eigenvalue weighted by atomic mass is 32.2. The van der Waals surface area contributed by atoms with Gasteiger partial charge in [-0.05, 0) is 36.8 Å². The SMILES string of the molecule is O=C(COC(=O)c1cccc(N2CCCS2(=O)=O)c1)Nc1ccccc1C(F)(F)F. The number of hydrogen-bond donors (Lipinski definition) is 1. The maximum atomic E-state index is 13.0. The number of nitrogens with one attached hydrogen (secondary N) is 1. The van der Waals surface area contributed by atoms with E-state index in [1.165, 1.54) is 40.7 Å². The van der Waals surface area contributed by atoms with Crippen LogP contribution in [-0.4, -0.2) is 39.2 Å². The average Bonchev–Trinajstić information content (AvgIpc) is 3.05. The first-order chi connectivity index (χ1) is 14.1. The molecule has 2 aromatic rings. The first-order valence-electron chi connectivity index (χ1n) is 8.81. The lowest BCUT2D eigenvalue weighted by molar-refractivity contribution is -0.137. The third-order valence-corrected chi connectivity index (χ3v) is 6.18. The van der Waals surface area contributed by atoms with Crippen LogP contribution in [0.15, 0.2) is 48.5 Å². The smallest absolute Gasteiger partial charge is 0.418 e. The van der Waals surface area contributed by atoms with E-state index in [1.54, 1.807) is 0 Å². The molecule has 1 saturated heterocycles. The van der Waals surface area contributed by atoms with Gasteiger partial charge in [0.1, 0.15) is 0 Å². The fourth-order valence-electron chi connectivity index (χ4n) is 2.96. The highest BCUT2D eigenvalue weighted by molar-refractivity contribution is 7.93. The van der Waals surface area contributed by atoms with E-state index in [2.05, 4.69) is 5.32 Å². The summed E-state index contributed by atoms with van der Waals surface area (Å²) in [7, 11) is -3.43. The molecule has 1 aliphatic heterocycles. The fourth-order valence-corrected chi connectivity index (χ4v) is 4.51. The highest BCUT2D eigenvalue weighted by Crippen LogP contribution is 2.34. The predicted octanol–water partition coefficient (Wildman–Crippen LogP) is 3.04. The normalized spacial score (nSPS) is 15.6. The van der Waals surface area contributed by atoms with Gasteiger partial charge in [-0.3, -0.25) is 9.10 Å². The third-order valence-electron chi connectivity index (χ3n) is 4.31. The first-order valence-corrected chi connectivity index (χ1v) is 10.4. The molecule has 0 bridgehead atoms. The van der Waals surface area contributed by atoms with Gasteiger partial charge >= 0.3 is 12.1 Å². The molecule has 1 N–H and O–H groups in total. The van der Waals surface area contributed by atoms with Crippen LogP contribution in [0.2, 0.25) is 0 Å². The molecule has 1 amide bonds. The fraction of sp³-hybridized carbons (Fsp3) is 0.263. The Morgan fingerprint density at radius 2 is 1.83 bits per heavy atom. The number of nitrogens with zero attached hydrogens (tertiary/aromatic N) is 1. The van der Waals surface area contributed by atoms with Crippen LogP contribution >= 0.6 is 0 Å². The number of carbonyl (C=O) groups is 2. The Bertz CT molecular complexity index is 1070. The summed E-state index contributed by atoms with van der Waals surface area (Å²) in [6.45, 7) is -0.515. The zero-order chi connectivity index (χ0) is 21.9. The summed E-state index contributed by atoms with van der Waals surface area (Å²) in [5.74, 6) is -1.84. The Morgan fingerprint density at radius 1 is 1.10 bits per heavy atom. The molecular weight excluding hydrogens is 425 g/mol. The number of sulfonamides is 1. The topological polar surface area (TPSA) is 92.8 Å². The molecule has 7 nitrogen and oxygen atoms in total. The van der Waals surface area contributed by atoms with Crippen molar-refractivity contribution in [2.75, 3.05) is 28.5 Å². The van der Waals surface area contributed by atoms with E-state index in [9.17, 15) is 31.2 Å². The second-order valence-corrected chi connectivity index (χ2v) is 8.47. The van der Waals surface area contributed by atoms with E-state index >= 15 is 0 Å². The van der Waals surface area contributed by atoms with Gasteiger partial charge in [-0.1, -0.05) is 18.2 Å². The van der Waals surface area contributed by atoms with Gasteiger partial charge in [-0.15, -0.1) is 0 Å². The van der Waals surface area contributed by atoms with Crippen molar-refractivity contribution in [2.45, 2.75) is 12.6 Å². The van der Waals surface area contributed by atoms with Crippen molar-refractivity contribution in [3.05, 3.63) is 59.7 Å². The molecular formula is C19H17F3N2O5S. The van der Waals surface area contributed by atoms with Crippen LogP contribution in [0.4, 0.5) is 24.5 Å². The van der Waals surface area contributed by atoms with Crippen LogP contribution in [0.25, 0.3) is 0 Å². The maximum absolute atomic E-state index is 13.0. The lowest BCUT2D eigenvalue weighted by Gasteiger charge is -2.17. The standard InChI is InChI=1S/C19H17F3N2O5S/c20-19(21,22)15-7-1-2-8-16(15)23-17(25)12-29-18(26)13-5-3-6-14(11-13)24-9-4-10-30(24,27)28/h1-3,5-8,11H,4,9-10,12H2,(H,23,25). The molecule has 0 aliphatic carbocycles. The van der Waals surface area contributed by atoms with Crippen LogP contribution in [0, 0.1) is 0 Å². The number of anilines is 2. The number of halogens is 3. The molecule has 0 radical (unpaired) electrons. The van der Waals surface area contributed by atoms with Gasteiger partial charge in [-0.2, -0.15) is 13.2 Å². The molecule has 160 valence electrons. The van der Waals surface area contributed by atoms with Gasteiger partial charge in [0.25, 0.3) is 5.91 Å². The van der Waals surface area contributed by atoms with Gasteiger partial charge in [0.15, 0.2) is 6.61 Å². The molecule has 2 aromatic carbocycles. The number of hydrogen-bond acceptors (Lipinski definition) is 5. The molecule has 1 heterocycles. The van der Waals surface area contributed by atoms with Crippen LogP contribution in [0.5, 0.6) is 0 Å². The summed E-state index contributed by atoms with van der Waals surface area (Å²) in [6, 6.07) is 10.1. The number of para-hydroxylation sites is 1. The predicted molar refractivity (Wildman–Crippen MR) is 103 cm³/mol. The Kier molecular flexibility index (Phi) is 6.01. The zero-order valence-electron chi connectivity index (χ0n) is 15.5. The van der Waals surface area contributed by atoms with Crippen LogP contribution in [0.3, 0.4) is 0 Å². The second kappa shape index (κ2) is 8.34. The van der Waals surface area contributed by atoms with Crippen LogP contribution in [-0.2, 0) is 25.7 Å². The zero-order valence-corrected chi connectivity index (χ0v) is 16.3. The monoisotopic (exact) mass is 442 g/mol. The maximum Gasteiger partial charge on any atom is 0.418 e. The quantitative estimate of drug-likeness (QED) is 0.719. The van der Waals surface area contributed by atoms with Crippen molar-refractivity contribution in [2.24, 2.45) is 0 Å². The lowest BCUT2D eigenvalue weighted by atomic mass is 10.1. The van der Waals surface area contributed by atoms with E-state index in [1.807, 2.05) is 0 Å². The number of ether oxygens (including phenoxy) is 1. The Labute approximate surface area is 170 Å². The molecule has 0 spiro atoms. The van der Waals surface area contributed by atoms with Crippen molar-refractivity contribution in [3.8, 4) is 0 Å². The van der Waals surface area contributed by atoms with Gasteiger partial charge in [0.2, 0.25) is 10.0 Å². The molecule has 1 aliphatic rings. The van der Waals surface area contributed by atoms with E-state index in [4.69, 9.17) is 4.74 Å². The summed E-state index contributed by atoms with van der Waals surface area (Å²) in [4.78, 5) is 24.2. The molecule has 0 aromatic heterocycles. The molecule has 0 unspecified atom stereocenters. The van der Waals surface area contributed by atoms with Gasteiger partial charge in [-0.25, -0.2) is 13.2 Å². The van der Waals surface area contributed by atoms with Crippen molar-refractivity contribution in [1.82, 2.24) is 0 Å². The first kappa shape index (κ1) is 21.6. The number of amides is 1. The molecule has 0 atom stereocenters. The van der Waals surface area contributed by atoms with Crippen LogP contribution in [0.1, 0.15) is 22.3 Å². The van der Waals surface area contributed by atoms with Crippen molar-refractivity contribution >= 4 is 33.3 Å². The molecule has 11 heteroatoms. The van der Waals surface area contributed by atoms with E-state index < -0.39 is 45.9 Å². The number of rotatable bonds is 5. The average molecular weight is 442 g/mol. The van der Waals surface area contributed by atoms with Gasteiger partial charge in [0, 0.05) is 6.54 Å². The minimum atomic E-state index is -4.66. The number of benzene rings is 2. The van der Waals surface area contributed by atoms with Gasteiger partial charge in [0.05, 0.1) is 28.3 Å². The molecule has 30 heavy (non-hydrogen) atoms. The van der Waals surface area contributed by atoms with Crippen molar-refractivity contribution in [3.63, 3.8) is 0 Å². The van der Waals surface area contributed by atoms with E-state index in [0.29, 0.717) is 18.7 Å².